The third-order valence-corrected chi connectivity index (χ3v) is 6.61. The number of thiophene rings is 1. The Kier molecular flexibility index (Phi) is 6.29. The van der Waals surface area contributed by atoms with Crippen molar-refractivity contribution in [3.63, 3.8) is 0 Å². The van der Waals surface area contributed by atoms with E-state index in [2.05, 4.69) is 18.2 Å². The highest BCUT2D eigenvalue weighted by atomic mass is 32.1. The van der Waals surface area contributed by atoms with Gasteiger partial charge in [-0.05, 0) is 48.8 Å². The maximum atomic E-state index is 13.5. The summed E-state index contributed by atoms with van der Waals surface area (Å²) in [6, 6.07) is 6.53. The van der Waals surface area contributed by atoms with E-state index >= 15 is 0 Å². The number of nitrogens with zero attached hydrogens (tertiary/aromatic N) is 2. The normalized spacial score (nSPS) is 13.5. The van der Waals surface area contributed by atoms with Crippen molar-refractivity contribution in [3.05, 3.63) is 50.9 Å². The zero-order chi connectivity index (χ0) is 21.1. The number of hydrogen-bond donors (Lipinski definition) is 1. The lowest BCUT2D eigenvalue weighted by Gasteiger charge is -2.16. The summed E-state index contributed by atoms with van der Waals surface area (Å²) in [5, 5.41) is 11.6. The van der Waals surface area contributed by atoms with Gasteiger partial charge in [0.25, 0.3) is 5.56 Å². The molecule has 3 aromatic rings. The Morgan fingerprint density at radius 1 is 1.27 bits per heavy atom. The number of rotatable bonds is 8. The summed E-state index contributed by atoms with van der Waals surface area (Å²) in [5.41, 5.74) is 4.68. The predicted molar refractivity (Wildman–Crippen MR) is 118 cm³/mol. The van der Waals surface area contributed by atoms with Crippen LogP contribution in [0.1, 0.15) is 42.6 Å². The minimum absolute atomic E-state index is 0.0233. The van der Waals surface area contributed by atoms with Gasteiger partial charge < -0.3 is 9.84 Å². The molecule has 0 saturated heterocycles. The Hall–Kier alpha value is -2.51. The highest BCUT2D eigenvalue weighted by Crippen LogP contribution is 2.33. The topological polar surface area (TPSA) is 81.4 Å². The van der Waals surface area contributed by atoms with Crippen LogP contribution in [0.3, 0.4) is 0 Å². The predicted octanol–water partition coefficient (Wildman–Crippen LogP) is 4.06. The first-order valence-corrected chi connectivity index (χ1v) is 11.3. The molecular formula is C23H26N2O4S. The fourth-order valence-corrected chi connectivity index (χ4v) is 5.14. The van der Waals surface area contributed by atoms with Gasteiger partial charge in [0.2, 0.25) is 0 Å². The Morgan fingerprint density at radius 3 is 2.83 bits per heavy atom. The van der Waals surface area contributed by atoms with Crippen molar-refractivity contribution in [1.82, 2.24) is 9.55 Å². The number of aromatic nitrogens is 2. The summed E-state index contributed by atoms with van der Waals surface area (Å²) < 4.78 is 6.81. The smallest absolute Gasteiger partial charge is 0.303 e. The second-order valence-corrected chi connectivity index (χ2v) is 8.60. The zero-order valence-corrected chi connectivity index (χ0v) is 18.0. The Balaban J connectivity index is 1.79. The SMILES string of the molecule is COCCc1nc2scc(-c3ccc4c(c3)CCCC4)c2c(=O)n1CCCC(=O)O. The van der Waals surface area contributed by atoms with Gasteiger partial charge >= 0.3 is 5.97 Å². The van der Waals surface area contributed by atoms with Gasteiger partial charge in [-0.1, -0.05) is 18.2 Å². The molecule has 0 fully saturated rings. The van der Waals surface area contributed by atoms with E-state index in [1.165, 1.54) is 35.3 Å². The molecule has 158 valence electrons. The number of carbonyl (C=O) groups is 1. The van der Waals surface area contributed by atoms with Gasteiger partial charge in [0.15, 0.2) is 0 Å². The molecule has 0 unspecified atom stereocenters. The summed E-state index contributed by atoms with van der Waals surface area (Å²) in [4.78, 5) is 29.9. The number of aryl methyl sites for hydroxylation is 2. The van der Waals surface area contributed by atoms with Crippen LogP contribution in [-0.2, 0) is 35.3 Å². The van der Waals surface area contributed by atoms with E-state index in [0.717, 1.165) is 28.8 Å². The van der Waals surface area contributed by atoms with Crippen molar-refractivity contribution < 1.29 is 14.6 Å². The molecule has 0 atom stereocenters. The lowest BCUT2D eigenvalue weighted by Crippen LogP contribution is -2.26. The van der Waals surface area contributed by atoms with E-state index in [4.69, 9.17) is 14.8 Å². The second kappa shape index (κ2) is 9.10. The first-order valence-electron chi connectivity index (χ1n) is 10.4. The molecule has 0 aliphatic heterocycles. The van der Waals surface area contributed by atoms with Gasteiger partial charge in [0, 0.05) is 37.4 Å². The van der Waals surface area contributed by atoms with Crippen LogP contribution in [0.2, 0.25) is 0 Å². The lowest BCUT2D eigenvalue weighted by molar-refractivity contribution is -0.137. The maximum absolute atomic E-state index is 13.5. The van der Waals surface area contributed by atoms with Gasteiger partial charge in [0.05, 0.1) is 12.0 Å². The molecule has 0 spiro atoms. The molecule has 0 bridgehead atoms. The zero-order valence-electron chi connectivity index (χ0n) is 17.1. The number of fused-ring (bicyclic) bond motifs is 2. The van der Waals surface area contributed by atoms with E-state index in [-0.39, 0.29) is 12.0 Å². The first-order chi connectivity index (χ1) is 14.6. The first kappa shape index (κ1) is 20.8. The largest absolute Gasteiger partial charge is 0.481 e. The van der Waals surface area contributed by atoms with E-state index in [0.29, 0.717) is 37.2 Å². The fraction of sp³-hybridized carbons (Fsp3) is 0.435. The minimum Gasteiger partial charge on any atom is -0.481 e. The van der Waals surface area contributed by atoms with Crippen LogP contribution in [0, 0.1) is 0 Å². The third-order valence-electron chi connectivity index (χ3n) is 5.73. The Labute approximate surface area is 179 Å². The van der Waals surface area contributed by atoms with Crippen molar-refractivity contribution in [3.8, 4) is 11.1 Å². The average Bonchev–Trinajstić information content (AvgIpc) is 3.17. The van der Waals surface area contributed by atoms with Crippen molar-refractivity contribution >= 4 is 27.5 Å². The van der Waals surface area contributed by atoms with Crippen LogP contribution in [0.5, 0.6) is 0 Å². The minimum atomic E-state index is -0.860. The maximum Gasteiger partial charge on any atom is 0.303 e. The quantitative estimate of drug-likeness (QED) is 0.587. The molecular weight excluding hydrogens is 400 g/mol. The monoisotopic (exact) mass is 426 g/mol. The van der Waals surface area contributed by atoms with Crippen LogP contribution in [0.25, 0.3) is 21.3 Å². The van der Waals surface area contributed by atoms with E-state index < -0.39 is 5.97 Å². The van der Waals surface area contributed by atoms with Crippen LogP contribution < -0.4 is 5.56 Å². The molecule has 30 heavy (non-hydrogen) atoms. The van der Waals surface area contributed by atoms with Crippen LogP contribution in [-0.4, -0.2) is 34.3 Å². The Morgan fingerprint density at radius 2 is 2.07 bits per heavy atom. The number of hydrogen-bond acceptors (Lipinski definition) is 5. The molecule has 2 aromatic heterocycles. The number of methoxy groups -OCH3 is 1. The van der Waals surface area contributed by atoms with Crippen molar-refractivity contribution in [2.24, 2.45) is 0 Å². The summed E-state index contributed by atoms with van der Waals surface area (Å²) in [7, 11) is 1.62. The van der Waals surface area contributed by atoms with Crippen molar-refractivity contribution in [1.29, 1.82) is 0 Å². The molecule has 1 aromatic carbocycles. The number of ether oxygens (including phenoxy) is 1. The highest BCUT2D eigenvalue weighted by molar-refractivity contribution is 7.17. The lowest BCUT2D eigenvalue weighted by atomic mass is 9.89. The van der Waals surface area contributed by atoms with Gasteiger partial charge in [-0.15, -0.1) is 11.3 Å². The standard InChI is InChI=1S/C23H26N2O4S/c1-29-12-10-19-24-22-21(23(28)25(19)11-4-7-20(26)27)18(14-30-22)17-9-8-15-5-2-3-6-16(15)13-17/h8-9,13-14H,2-7,10-12H2,1H3,(H,26,27). The third kappa shape index (κ3) is 4.18. The fourth-order valence-electron chi connectivity index (χ4n) is 4.18. The van der Waals surface area contributed by atoms with Gasteiger partial charge in [0.1, 0.15) is 10.7 Å². The Bertz CT molecular complexity index is 1130. The van der Waals surface area contributed by atoms with Gasteiger partial charge in [-0.3, -0.25) is 14.2 Å². The molecule has 6 nitrogen and oxygen atoms in total. The molecule has 0 radical (unpaired) electrons. The number of carboxylic acids is 1. The molecule has 1 aliphatic carbocycles. The number of aliphatic carboxylic acids is 1. The molecule has 2 heterocycles. The molecule has 0 amide bonds. The molecule has 0 saturated carbocycles. The van der Waals surface area contributed by atoms with Crippen molar-refractivity contribution in [2.45, 2.75) is 51.5 Å². The molecule has 1 N–H and O–H groups in total. The van der Waals surface area contributed by atoms with Gasteiger partial charge in [-0.2, -0.15) is 0 Å². The van der Waals surface area contributed by atoms with Crippen LogP contribution >= 0.6 is 11.3 Å². The van der Waals surface area contributed by atoms with E-state index in [1.807, 2.05) is 5.38 Å². The summed E-state index contributed by atoms with van der Waals surface area (Å²) in [6.07, 6.45) is 5.59. The van der Waals surface area contributed by atoms with Gasteiger partial charge in [-0.25, -0.2) is 4.98 Å². The summed E-state index contributed by atoms with van der Waals surface area (Å²) >= 11 is 1.49. The summed E-state index contributed by atoms with van der Waals surface area (Å²) in [6.45, 7) is 0.798. The molecule has 7 heteroatoms. The molecule has 1 aliphatic rings. The molecule has 4 rings (SSSR count). The second-order valence-electron chi connectivity index (χ2n) is 7.75. The van der Waals surface area contributed by atoms with Crippen molar-refractivity contribution in [2.75, 3.05) is 13.7 Å². The summed E-state index contributed by atoms with van der Waals surface area (Å²) in [5.74, 6) is -0.209. The number of carboxylic acid groups (broad SMARTS) is 1. The highest BCUT2D eigenvalue weighted by Gasteiger charge is 2.18. The van der Waals surface area contributed by atoms with Crippen LogP contribution in [0.15, 0.2) is 28.4 Å². The average molecular weight is 427 g/mol. The van der Waals surface area contributed by atoms with E-state index in [1.54, 1.807) is 11.7 Å². The number of benzene rings is 1. The van der Waals surface area contributed by atoms with E-state index in [9.17, 15) is 9.59 Å². The van der Waals surface area contributed by atoms with Crippen LogP contribution in [0.4, 0.5) is 0 Å².